The van der Waals surface area contributed by atoms with Gasteiger partial charge in [-0.3, -0.25) is 4.79 Å². The fourth-order valence-electron chi connectivity index (χ4n) is 1.43. The number of carbonyl (C=O) groups excluding carboxylic acids is 1. The van der Waals surface area contributed by atoms with E-state index < -0.39 is 0 Å². The van der Waals surface area contributed by atoms with Gasteiger partial charge in [0.05, 0.1) is 0 Å². The molecule has 1 aromatic rings. The highest BCUT2D eigenvalue weighted by atomic mass is 16.1. The van der Waals surface area contributed by atoms with Crippen LogP contribution in [-0.4, -0.2) is 28.5 Å². The van der Waals surface area contributed by atoms with E-state index in [1.54, 1.807) is 13.0 Å². The van der Waals surface area contributed by atoms with Gasteiger partial charge < -0.3 is 16.4 Å². The Kier molecular flexibility index (Phi) is 5.35. The predicted octanol–water partition coefficient (Wildman–Crippen LogP) is 1.08. The maximum Gasteiger partial charge on any atom is 0.221 e. The van der Waals surface area contributed by atoms with Crippen molar-refractivity contribution in [3.63, 3.8) is 0 Å². The molecule has 0 aliphatic carbocycles. The first-order chi connectivity index (χ1) is 8.51. The van der Waals surface area contributed by atoms with Crippen LogP contribution in [0.5, 0.6) is 0 Å². The molecule has 0 fully saturated rings. The van der Waals surface area contributed by atoms with E-state index in [0.717, 1.165) is 6.42 Å². The highest BCUT2D eigenvalue weighted by Gasteiger charge is 2.05. The molecule has 18 heavy (non-hydrogen) atoms. The number of hydrogen-bond acceptors (Lipinski definition) is 5. The minimum atomic E-state index is 0.0376. The smallest absolute Gasteiger partial charge is 0.221 e. The topological polar surface area (TPSA) is 92.9 Å². The summed E-state index contributed by atoms with van der Waals surface area (Å²) in [7, 11) is 0. The lowest BCUT2D eigenvalue weighted by Gasteiger charge is -2.11. The van der Waals surface area contributed by atoms with Gasteiger partial charge in [0.1, 0.15) is 17.5 Å². The van der Waals surface area contributed by atoms with Crippen LogP contribution < -0.4 is 16.4 Å². The summed E-state index contributed by atoms with van der Waals surface area (Å²) in [4.78, 5) is 19.7. The molecule has 0 aliphatic heterocycles. The van der Waals surface area contributed by atoms with Gasteiger partial charge in [-0.15, -0.1) is 0 Å². The molecular formula is C12H21N5O. The molecule has 0 aliphatic rings. The van der Waals surface area contributed by atoms with Crippen molar-refractivity contribution in [1.29, 1.82) is 0 Å². The first-order valence-electron chi connectivity index (χ1n) is 6.15. The maximum absolute atomic E-state index is 11.5. The van der Waals surface area contributed by atoms with Crippen molar-refractivity contribution in [3.05, 3.63) is 11.9 Å². The molecule has 0 aromatic carbocycles. The van der Waals surface area contributed by atoms with E-state index in [2.05, 4.69) is 20.6 Å². The zero-order valence-electron chi connectivity index (χ0n) is 11.2. The zero-order valence-corrected chi connectivity index (χ0v) is 11.2. The average Bonchev–Trinajstić information content (AvgIpc) is 2.27. The lowest BCUT2D eigenvalue weighted by atomic mass is 10.2. The highest BCUT2D eigenvalue weighted by Crippen LogP contribution is 2.07. The molecule has 6 nitrogen and oxygen atoms in total. The molecule has 0 saturated carbocycles. The number of nitrogens with two attached hydrogens (primary N) is 1. The monoisotopic (exact) mass is 251 g/mol. The zero-order chi connectivity index (χ0) is 13.5. The van der Waals surface area contributed by atoms with E-state index in [4.69, 9.17) is 5.73 Å². The van der Waals surface area contributed by atoms with Crippen molar-refractivity contribution in [1.82, 2.24) is 15.3 Å². The van der Waals surface area contributed by atoms with E-state index in [1.165, 1.54) is 0 Å². The fourth-order valence-corrected chi connectivity index (χ4v) is 1.43. The minimum absolute atomic E-state index is 0.0376. The Hall–Kier alpha value is -1.85. The van der Waals surface area contributed by atoms with Gasteiger partial charge in [-0.05, 0) is 20.3 Å². The van der Waals surface area contributed by atoms with Crippen molar-refractivity contribution < 1.29 is 4.79 Å². The van der Waals surface area contributed by atoms with Crippen LogP contribution >= 0.6 is 0 Å². The van der Waals surface area contributed by atoms with Gasteiger partial charge in [0.2, 0.25) is 5.91 Å². The van der Waals surface area contributed by atoms with E-state index in [1.807, 2.05) is 13.8 Å². The Morgan fingerprint density at radius 2 is 2.22 bits per heavy atom. The minimum Gasteiger partial charge on any atom is -0.384 e. The maximum atomic E-state index is 11.5. The summed E-state index contributed by atoms with van der Waals surface area (Å²) in [5.74, 6) is 1.72. The molecule has 1 unspecified atom stereocenters. The predicted molar refractivity (Wildman–Crippen MR) is 72.2 cm³/mol. The molecule has 0 spiro atoms. The standard InChI is InChI=1S/C12H21N5O/c1-4-8(2)15-12(18)5-6-14-11-7-10(13)16-9(3)17-11/h7-8H,4-6H2,1-3H3,(H,15,18)(H3,13,14,16,17). The number of nitrogens with zero attached hydrogens (tertiary/aromatic N) is 2. The third-order valence-corrected chi connectivity index (χ3v) is 2.54. The van der Waals surface area contributed by atoms with Gasteiger partial charge in [0.25, 0.3) is 0 Å². The lowest BCUT2D eigenvalue weighted by Crippen LogP contribution is -2.33. The van der Waals surface area contributed by atoms with Gasteiger partial charge in [-0.1, -0.05) is 6.92 Å². The van der Waals surface area contributed by atoms with Crippen LogP contribution in [0, 0.1) is 6.92 Å². The van der Waals surface area contributed by atoms with Crippen LogP contribution in [0.1, 0.15) is 32.5 Å². The van der Waals surface area contributed by atoms with Gasteiger partial charge in [-0.2, -0.15) is 0 Å². The molecule has 0 saturated heterocycles. The molecule has 1 rings (SSSR count). The lowest BCUT2D eigenvalue weighted by molar-refractivity contribution is -0.121. The van der Waals surface area contributed by atoms with Gasteiger partial charge in [0, 0.05) is 25.1 Å². The molecule has 100 valence electrons. The van der Waals surface area contributed by atoms with Crippen molar-refractivity contribution in [2.45, 2.75) is 39.7 Å². The molecule has 4 N–H and O–H groups in total. The third-order valence-electron chi connectivity index (χ3n) is 2.54. The second-order valence-electron chi connectivity index (χ2n) is 4.28. The Bertz CT molecular complexity index is 387. The Morgan fingerprint density at radius 1 is 1.50 bits per heavy atom. The normalized spacial score (nSPS) is 11.9. The van der Waals surface area contributed by atoms with Crippen LogP contribution in [0.15, 0.2) is 6.07 Å². The molecule has 0 radical (unpaired) electrons. The van der Waals surface area contributed by atoms with Crippen molar-refractivity contribution in [3.8, 4) is 0 Å². The van der Waals surface area contributed by atoms with E-state index in [9.17, 15) is 4.79 Å². The quantitative estimate of drug-likeness (QED) is 0.703. The van der Waals surface area contributed by atoms with E-state index in [-0.39, 0.29) is 11.9 Å². The first kappa shape index (κ1) is 14.2. The molecule has 0 bridgehead atoms. The first-order valence-corrected chi connectivity index (χ1v) is 6.15. The number of carbonyl (C=O) groups is 1. The van der Waals surface area contributed by atoms with Crippen molar-refractivity contribution >= 4 is 17.5 Å². The summed E-state index contributed by atoms with van der Waals surface area (Å²) in [5, 5.41) is 5.96. The van der Waals surface area contributed by atoms with Crippen molar-refractivity contribution in [2.75, 3.05) is 17.6 Å². The summed E-state index contributed by atoms with van der Waals surface area (Å²) < 4.78 is 0. The second-order valence-corrected chi connectivity index (χ2v) is 4.28. The molecule has 6 heteroatoms. The van der Waals surface area contributed by atoms with Gasteiger partial charge in [0.15, 0.2) is 0 Å². The molecule has 1 aromatic heterocycles. The van der Waals surface area contributed by atoms with Crippen LogP contribution in [0.25, 0.3) is 0 Å². The van der Waals surface area contributed by atoms with Crippen LogP contribution in [0.4, 0.5) is 11.6 Å². The van der Waals surface area contributed by atoms with Gasteiger partial charge >= 0.3 is 0 Å². The summed E-state index contributed by atoms with van der Waals surface area (Å²) in [6, 6.07) is 1.87. The van der Waals surface area contributed by atoms with Crippen LogP contribution in [0.3, 0.4) is 0 Å². The second kappa shape index (κ2) is 6.78. The Balaban J connectivity index is 2.35. The SMILES string of the molecule is CCC(C)NC(=O)CCNc1cc(N)nc(C)n1. The number of aromatic nitrogens is 2. The highest BCUT2D eigenvalue weighted by molar-refractivity contribution is 5.76. The largest absolute Gasteiger partial charge is 0.384 e. The fraction of sp³-hybridized carbons (Fsp3) is 0.583. The number of anilines is 2. The number of rotatable bonds is 6. The number of hydrogen-bond donors (Lipinski definition) is 3. The number of nitrogen functional groups attached to an aromatic ring is 1. The molecule has 1 heterocycles. The third kappa shape index (κ3) is 4.99. The van der Waals surface area contributed by atoms with Gasteiger partial charge in [-0.25, -0.2) is 9.97 Å². The van der Waals surface area contributed by atoms with E-state index in [0.29, 0.717) is 30.4 Å². The van der Waals surface area contributed by atoms with E-state index >= 15 is 0 Å². The number of nitrogens with one attached hydrogen (secondary N) is 2. The van der Waals surface area contributed by atoms with Crippen LogP contribution in [-0.2, 0) is 4.79 Å². The van der Waals surface area contributed by atoms with Crippen molar-refractivity contribution in [2.24, 2.45) is 0 Å². The van der Waals surface area contributed by atoms with Crippen LogP contribution in [0.2, 0.25) is 0 Å². The number of amides is 1. The summed E-state index contributed by atoms with van der Waals surface area (Å²) in [6.45, 7) is 6.32. The Labute approximate surface area is 107 Å². The molecule has 1 amide bonds. The average molecular weight is 251 g/mol. The summed E-state index contributed by atoms with van der Waals surface area (Å²) >= 11 is 0. The molecular weight excluding hydrogens is 230 g/mol. The summed E-state index contributed by atoms with van der Waals surface area (Å²) in [6.07, 6.45) is 1.34. The molecule has 1 atom stereocenters. The number of aryl methyl sites for hydroxylation is 1. The summed E-state index contributed by atoms with van der Waals surface area (Å²) in [5.41, 5.74) is 5.60. The Morgan fingerprint density at radius 3 is 2.83 bits per heavy atom.